The van der Waals surface area contributed by atoms with Gasteiger partial charge in [-0.05, 0) is 40.6 Å². The molecule has 3 aromatic carbocycles. The molecule has 0 N–H and O–H groups in total. The number of carbonyl (C=O) groups is 1. The van der Waals surface area contributed by atoms with Crippen LogP contribution >= 0.6 is 0 Å². The maximum Gasteiger partial charge on any atom is 0.417 e. The first-order valence-corrected chi connectivity index (χ1v) is 7.85. The molecule has 0 radical (unpaired) electrons. The topological polar surface area (TPSA) is 26.3 Å². The lowest BCUT2D eigenvalue weighted by molar-refractivity contribution is -0.0689. The lowest BCUT2D eigenvalue weighted by Gasteiger charge is -2.12. The molecule has 0 aromatic heterocycles. The number of benzene rings is 3. The minimum atomic E-state index is -4.65. The smallest absolute Gasteiger partial charge is 0.417 e. The third-order valence-electron chi connectivity index (χ3n) is 4.02. The van der Waals surface area contributed by atoms with Crippen LogP contribution in [0.2, 0.25) is 0 Å². The highest BCUT2D eigenvalue weighted by Gasteiger charge is 2.35. The molecular weight excluding hydrogens is 341 g/mol. The number of rotatable bonds is 4. The molecule has 0 saturated heterocycles. The number of ether oxygens (including phenoxy) is 1. The quantitative estimate of drug-likeness (QED) is 0.444. The molecule has 0 heterocycles. The van der Waals surface area contributed by atoms with Gasteiger partial charge in [0, 0.05) is 5.56 Å². The number of hydrogen-bond donors (Lipinski definition) is 0. The number of methoxy groups -OCH3 is 1. The van der Waals surface area contributed by atoms with E-state index < -0.39 is 17.5 Å². The monoisotopic (exact) mass is 356 g/mol. The molecule has 132 valence electrons. The fourth-order valence-corrected chi connectivity index (χ4v) is 2.66. The Morgan fingerprint density at radius 3 is 2.12 bits per heavy atom. The van der Waals surface area contributed by atoms with E-state index in [1.165, 1.54) is 37.4 Å². The van der Waals surface area contributed by atoms with Crippen LogP contribution in [-0.4, -0.2) is 19.1 Å². The Labute approximate surface area is 148 Å². The summed E-state index contributed by atoms with van der Waals surface area (Å²) in [4.78, 5) is 12.4. The molecule has 0 aliphatic rings. The lowest BCUT2D eigenvalue weighted by atomic mass is 9.99. The number of hydrogen-bond acceptors (Lipinski definition) is 2. The summed E-state index contributed by atoms with van der Waals surface area (Å²) in [5, 5.41) is 1.71. The van der Waals surface area contributed by atoms with Crippen molar-refractivity contribution >= 4 is 22.1 Å². The second kappa shape index (κ2) is 7.04. The Hall–Kier alpha value is -3.08. The summed E-state index contributed by atoms with van der Waals surface area (Å²) in [5.74, 6) is -0.255. The number of halogens is 3. The number of ketones is 1. The molecule has 0 aliphatic heterocycles. The molecule has 0 amide bonds. The van der Waals surface area contributed by atoms with Gasteiger partial charge in [-0.1, -0.05) is 48.5 Å². The average molecular weight is 356 g/mol. The summed E-state index contributed by atoms with van der Waals surface area (Å²) in [6, 6.07) is 17.6. The van der Waals surface area contributed by atoms with Crippen LogP contribution in [0.4, 0.5) is 13.2 Å². The van der Waals surface area contributed by atoms with Crippen molar-refractivity contribution in [1.82, 2.24) is 0 Å². The predicted octanol–water partition coefficient (Wildman–Crippen LogP) is 5.68. The second-order valence-electron chi connectivity index (χ2n) is 5.71. The van der Waals surface area contributed by atoms with E-state index >= 15 is 0 Å². The summed E-state index contributed by atoms with van der Waals surface area (Å²) < 4.78 is 45.4. The highest BCUT2D eigenvalue weighted by atomic mass is 19.4. The molecule has 0 saturated carbocycles. The molecule has 0 unspecified atom stereocenters. The number of allylic oxidation sites excluding steroid dienone is 2. The summed E-state index contributed by atoms with van der Waals surface area (Å²) in [5.41, 5.74) is -0.871. The standard InChI is InChI=1S/C21H15F3O2/c1-26-18-10-8-15(9-11-18)19(21(22,23)24)13-20(25)17-7-6-14-4-2-3-5-16(14)12-17/h2-13H,1H3/b19-13+. The Bertz CT molecular complexity index is 970. The fraction of sp³-hybridized carbons (Fsp3) is 0.0952. The largest absolute Gasteiger partial charge is 0.497 e. The molecule has 0 fully saturated rings. The van der Waals surface area contributed by atoms with Crippen LogP contribution in [0.1, 0.15) is 15.9 Å². The van der Waals surface area contributed by atoms with Crippen molar-refractivity contribution in [2.24, 2.45) is 0 Å². The van der Waals surface area contributed by atoms with Crippen molar-refractivity contribution in [3.8, 4) is 5.75 Å². The zero-order valence-corrected chi connectivity index (χ0v) is 13.9. The van der Waals surface area contributed by atoms with Gasteiger partial charge in [-0.2, -0.15) is 13.2 Å². The van der Waals surface area contributed by atoms with Crippen molar-refractivity contribution in [3.05, 3.63) is 83.9 Å². The Morgan fingerprint density at radius 1 is 0.885 bits per heavy atom. The van der Waals surface area contributed by atoms with Gasteiger partial charge in [0.05, 0.1) is 12.7 Å². The zero-order chi connectivity index (χ0) is 18.7. The van der Waals surface area contributed by atoms with Crippen LogP contribution in [0.3, 0.4) is 0 Å². The highest BCUT2D eigenvalue weighted by molar-refractivity contribution is 6.10. The van der Waals surface area contributed by atoms with Crippen molar-refractivity contribution < 1.29 is 22.7 Å². The van der Waals surface area contributed by atoms with Crippen molar-refractivity contribution in [2.45, 2.75) is 6.18 Å². The maximum atomic E-state index is 13.5. The van der Waals surface area contributed by atoms with E-state index in [0.29, 0.717) is 11.8 Å². The van der Waals surface area contributed by atoms with Gasteiger partial charge in [-0.25, -0.2) is 0 Å². The normalized spacial score (nSPS) is 12.2. The van der Waals surface area contributed by atoms with Gasteiger partial charge in [0.15, 0.2) is 5.78 Å². The predicted molar refractivity (Wildman–Crippen MR) is 95.3 cm³/mol. The average Bonchev–Trinajstić information content (AvgIpc) is 2.64. The number of carbonyl (C=O) groups excluding carboxylic acids is 1. The molecule has 2 nitrogen and oxygen atoms in total. The molecule has 0 atom stereocenters. The van der Waals surface area contributed by atoms with E-state index in [9.17, 15) is 18.0 Å². The number of fused-ring (bicyclic) bond motifs is 1. The van der Waals surface area contributed by atoms with E-state index in [1.54, 1.807) is 12.1 Å². The Morgan fingerprint density at radius 2 is 1.50 bits per heavy atom. The Kier molecular flexibility index (Phi) is 4.80. The van der Waals surface area contributed by atoms with Crippen LogP contribution in [0, 0.1) is 0 Å². The van der Waals surface area contributed by atoms with Crippen molar-refractivity contribution in [2.75, 3.05) is 7.11 Å². The molecule has 3 rings (SSSR count). The van der Waals surface area contributed by atoms with Crippen LogP contribution in [-0.2, 0) is 0 Å². The first-order chi connectivity index (χ1) is 12.4. The number of alkyl halides is 3. The van der Waals surface area contributed by atoms with E-state index in [4.69, 9.17) is 4.74 Å². The fourth-order valence-electron chi connectivity index (χ4n) is 2.66. The molecule has 3 aromatic rings. The molecule has 26 heavy (non-hydrogen) atoms. The minimum Gasteiger partial charge on any atom is -0.497 e. The van der Waals surface area contributed by atoms with Crippen LogP contribution in [0.15, 0.2) is 72.8 Å². The van der Waals surface area contributed by atoms with E-state index in [1.807, 2.05) is 24.3 Å². The van der Waals surface area contributed by atoms with Crippen LogP contribution < -0.4 is 4.74 Å². The third kappa shape index (κ3) is 3.77. The van der Waals surface area contributed by atoms with Gasteiger partial charge in [0.25, 0.3) is 0 Å². The van der Waals surface area contributed by atoms with E-state index in [0.717, 1.165) is 10.8 Å². The molecule has 0 aliphatic carbocycles. The van der Waals surface area contributed by atoms with E-state index in [2.05, 4.69) is 0 Å². The molecular formula is C21H15F3O2. The highest BCUT2D eigenvalue weighted by Crippen LogP contribution is 2.35. The Balaban J connectivity index is 2.01. The van der Waals surface area contributed by atoms with Gasteiger partial charge in [-0.15, -0.1) is 0 Å². The zero-order valence-electron chi connectivity index (χ0n) is 13.9. The lowest BCUT2D eigenvalue weighted by Crippen LogP contribution is -2.13. The third-order valence-corrected chi connectivity index (χ3v) is 4.02. The van der Waals surface area contributed by atoms with Gasteiger partial charge in [0.2, 0.25) is 0 Å². The van der Waals surface area contributed by atoms with Gasteiger partial charge in [-0.3, -0.25) is 4.79 Å². The summed E-state index contributed by atoms with van der Waals surface area (Å²) in [6.07, 6.45) is -4.01. The first-order valence-electron chi connectivity index (χ1n) is 7.85. The molecule has 0 bridgehead atoms. The molecule has 5 heteroatoms. The van der Waals surface area contributed by atoms with E-state index in [-0.39, 0.29) is 11.1 Å². The first kappa shape index (κ1) is 17.7. The maximum absolute atomic E-state index is 13.5. The summed E-state index contributed by atoms with van der Waals surface area (Å²) >= 11 is 0. The minimum absolute atomic E-state index is 0.0903. The SMILES string of the molecule is COc1ccc(/C(=C\C(=O)c2ccc3ccccc3c2)C(F)(F)F)cc1. The van der Waals surface area contributed by atoms with Crippen LogP contribution in [0.5, 0.6) is 5.75 Å². The van der Waals surface area contributed by atoms with Gasteiger partial charge < -0.3 is 4.74 Å². The van der Waals surface area contributed by atoms with Crippen molar-refractivity contribution in [3.63, 3.8) is 0 Å². The molecule has 0 spiro atoms. The summed E-state index contributed by atoms with van der Waals surface area (Å²) in [7, 11) is 1.43. The second-order valence-corrected chi connectivity index (χ2v) is 5.71. The van der Waals surface area contributed by atoms with Crippen molar-refractivity contribution in [1.29, 1.82) is 0 Å². The summed E-state index contributed by atoms with van der Waals surface area (Å²) in [6.45, 7) is 0. The van der Waals surface area contributed by atoms with Crippen LogP contribution in [0.25, 0.3) is 16.3 Å². The van der Waals surface area contributed by atoms with Gasteiger partial charge in [0.1, 0.15) is 5.75 Å². The van der Waals surface area contributed by atoms with Gasteiger partial charge >= 0.3 is 6.18 Å².